The highest BCUT2D eigenvalue weighted by Crippen LogP contribution is 2.25. The second kappa shape index (κ2) is 9.67. The maximum atomic E-state index is 13.8. The van der Waals surface area contributed by atoms with Gasteiger partial charge in [0.2, 0.25) is 0 Å². The molecule has 0 radical (unpaired) electrons. The third kappa shape index (κ3) is 5.29. The molecule has 0 fully saturated rings. The van der Waals surface area contributed by atoms with E-state index in [0.29, 0.717) is 39.0 Å². The summed E-state index contributed by atoms with van der Waals surface area (Å²) in [7, 11) is -3.63. The van der Waals surface area contributed by atoms with E-state index in [9.17, 15) is 22.9 Å². The largest absolute Gasteiger partial charge is 0.384 e. The third-order valence-electron chi connectivity index (χ3n) is 5.54. The molecule has 36 heavy (non-hydrogen) atoms. The average Bonchev–Trinajstić information content (AvgIpc) is 2.81. The fourth-order valence-electron chi connectivity index (χ4n) is 3.88. The van der Waals surface area contributed by atoms with Gasteiger partial charge in [-0.05, 0) is 48.9 Å². The fourth-order valence-corrected chi connectivity index (χ4v) is 4.76. The van der Waals surface area contributed by atoms with Gasteiger partial charge in [-0.1, -0.05) is 0 Å². The lowest BCUT2D eigenvalue weighted by Crippen LogP contribution is -2.24. The van der Waals surface area contributed by atoms with Crippen molar-refractivity contribution >= 4 is 32.5 Å². The number of amides is 1. The van der Waals surface area contributed by atoms with Crippen LogP contribution in [0.1, 0.15) is 38.4 Å². The molecular weight excluding hydrogens is 483 g/mol. The Hall–Kier alpha value is -4.43. The number of sulfone groups is 1. The van der Waals surface area contributed by atoms with Gasteiger partial charge in [-0.2, -0.15) is 5.26 Å². The van der Waals surface area contributed by atoms with Crippen LogP contribution < -0.4 is 11.1 Å². The first-order valence-corrected chi connectivity index (χ1v) is 12.6. The standard InChI is InChI=1S/C25H21FN6O3S/c1-14-21(18(11-27)10-23(28)32-14)13-31-25(33)16-3-4-29-20(9-16)6-15-5-17-8-19(26)12-30-24(17)22(7-15)36(2,34)35/h3-5,7-10,12H,6,13H2,1-2H3,(H2,28,32)(H,31,33). The zero-order chi connectivity index (χ0) is 26.0. The van der Waals surface area contributed by atoms with Crippen molar-refractivity contribution in [3.05, 3.63) is 88.3 Å². The second-order valence-corrected chi connectivity index (χ2v) is 10.2. The zero-order valence-corrected chi connectivity index (χ0v) is 20.2. The zero-order valence-electron chi connectivity index (χ0n) is 19.4. The van der Waals surface area contributed by atoms with Gasteiger partial charge in [-0.25, -0.2) is 17.8 Å². The van der Waals surface area contributed by atoms with Gasteiger partial charge in [0.05, 0.1) is 28.2 Å². The Morgan fingerprint density at radius 3 is 2.69 bits per heavy atom. The van der Waals surface area contributed by atoms with Crippen LogP contribution in [-0.2, 0) is 22.8 Å². The van der Waals surface area contributed by atoms with Crippen LogP contribution in [0.3, 0.4) is 0 Å². The number of carbonyl (C=O) groups is 1. The Morgan fingerprint density at radius 1 is 1.19 bits per heavy atom. The summed E-state index contributed by atoms with van der Waals surface area (Å²) in [6.07, 6.45) is 3.72. The summed E-state index contributed by atoms with van der Waals surface area (Å²) in [4.78, 5) is 25.2. The van der Waals surface area contributed by atoms with E-state index >= 15 is 0 Å². The van der Waals surface area contributed by atoms with E-state index in [-0.39, 0.29) is 35.1 Å². The van der Waals surface area contributed by atoms with Gasteiger partial charge in [0.15, 0.2) is 9.84 Å². The highest BCUT2D eigenvalue weighted by Gasteiger charge is 2.17. The number of halogens is 1. The molecule has 3 heterocycles. The summed E-state index contributed by atoms with van der Waals surface area (Å²) >= 11 is 0. The second-order valence-electron chi connectivity index (χ2n) is 8.26. The summed E-state index contributed by atoms with van der Waals surface area (Å²) in [5.41, 5.74) is 8.74. The maximum absolute atomic E-state index is 13.8. The number of pyridine rings is 3. The molecule has 0 aliphatic carbocycles. The first-order chi connectivity index (χ1) is 17.0. The number of aryl methyl sites for hydroxylation is 1. The van der Waals surface area contributed by atoms with Crippen molar-refractivity contribution in [1.82, 2.24) is 20.3 Å². The number of nitriles is 1. The van der Waals surface area contributed by atoms with Gasteiger partial charge in [0.25, 0.3) is 5.91 Å². The molecule has 4 aromatic rings. The van der Waals surface area contributed by atoms with Crippen molar-refractivity contribution in [1.29, 1.82) is 5.26 Å². The SMILES string of the molecule is Cc1nc(N)cc(C#N)c1CNC(=O)c1ccnc(Cc2cc(S(C)(=O)=O)c3ncc(F)cc3c2)c1. The molecule has 0 saturated heterocycles. The van der Waals surface area contributed by atoms with Crippen LogP contribution in [0.25, 0.3) is 10.9 Å². The first-order valence-electron chi connectivity index (χ1n) is 10.7. The van der Waals surface area contributed by atoms with Gasteiger partial charge < -0.3 is 11.1 Å². The van der Waals surface area contributed by atoms with Crippen LogP contribution in [0.15, 0.2) is 53.7 Å². The molecule has 0 bridgehead atoms. The minimum absolute atomic E-state index is 0.00956. The van der Waals surface area contributed by atoms with E-state index in [1.807, 2.05) is 0 Å². The van der Waals surface area contributed by atoms with Gasteiger partial charge >= 0.3 is 0 Å². The summed E-state index contributed by atoms with van der Waals surface area (Å²) < 4.78 is 38.4. The molecule has 0 saturated carbocycles. The number of benzene rings is 1. The van der Waals surface area contributed by atoms with Crippen molar-refractivity contribution < 1.29 is 17.6 Å². The molecule has 0 atom stereocenters. The normalized spacial score (nSPS) is 11.3. The van der Waals surface area contributed by atoms with E-state index in [1.54, 1.807) is 25.1 Å². The van der Waals surface area contributed by atoms with Crippen molar-refractivity contribution in [3.63, 3.8) is 0 Å². The molecule has 182 valence electrons. The Kier molecular flexibility index (Phi) is 6.63. The predicted molar refractivity (Wildman–Crippen MR) is 131 cm³/mol. The molecule has 3 N–H and O–H groups in total. The van der Waals surface area contributed by atoms with Gasteiger partial charge in [-0.15, -0.1) is 0 Å². The lowest BCUT2D eigenvalue weighted by atomic mass is 10.0. The predicted octanol–water partition coefficient (Wildman–Crippen LogP) is 2.85. The van der Waals surface area contributed by atoms with Crippen molar-refractivity contribution in [2.75, 3.05) is 12.0 Å². The third-order valence-corrected chi connectivity index (χ3v) is 6.65. The Bertz CT molecular complexity index is 1660. The number of nitrogens with one attached hydrogen (secondary N) is 1. The Labute approximate surface area is 206 Å². The minimum atomic E-state index is -3.63. The quantitative estimate of drug-likeness (QED) is 0.407. The van der Waals surface area contributed by atoms with Crippen molar-refractivity contribution in [3.8, 4) is 6.07 Å². The molecular formula is C25H21FN6O3S. The van der Waals surface area contributed by atoms with Crippen LogP contribution in [0.2, 0.25) is 0 Å². The van der Waals surface area contributed by atoms with Crippen LogP contribution in [0.4, 0.5) is 10.2 Å². The summed E-state index contributed by atoms with van der Waals surface area (Å²) in [6, 6.07) is 11.0. The number of rotatable bonds is 6. The van der Waals surface area contributed by atoms with E-state index < -0.39 is 15.7 Å². The molecule has 1 aromatic carbocycles. The molecule has 1 amide bonds. The van der Waals surface area contributed by atoms with Crippen molar-refractivity contribution in [2.45, 2.75) is 24.8 Å². The molecule has 4 rings (SSSR count). The number of aromatic nitrogens is 3. The van der Waals surface area contributed by atoms with Crippen LogP contribution >= 0.6 is 0 Å². The summed E-state index contributed by atoms with van der Waals surface area (Å²) in [5.74, 6) is -0.744. The number of hydrogen-bond acceptors (Lipinski definition) is 8. The highest BCUT2D eigenvalue weighted by atomic mass is 32.2. The molecule has 0 aliphatic heterocycles. The number of nitrogens with two attached hydrogens (primary N) is 1. The lowest BCUT2D eigenvalue weighted by molar-refractivity contribution is 0.0950. The van der Waals surface area contributed by atoms with Crippen molar-refractivity contribution in [2.24, 2.45) is 0 Å². The number of carbonyl (C=O) groups excluding carboxylic acids is 1. The highest BCUT2D eigenvalue weighted by molar-refractivity contribution is 7.91. The number of hydrogen-bond donors (Lipinski definition) is 2. The first kappa shape index (κ1) is 24.7. The van der Waals surface area contributed by atoms with Gasteiger partial charge in [0, 0.05) is 53.3 Å². The van der Waals surface area contributed by atoms with Gasteiger partial charge in [0.1, 0.15) is 11.6 Å². The summed E-state index contributed by atoms with van der Waals surface area (Å²) in [6.45, 7) is 1.79. The monoisotopic (exact) mass is 504 g/mol. The number of nitrogen functional groups attached to an aromatic ring is 1. The van der Waals surface area contributed by atoms with E-state index in [0.717, 1.165) is 12.5 Å². The van der Waals surface area contributed by atoms with Crippen LogP contribution in [0, 0.1) is 24.1 Å². The van der Waals surface area contributed by atoms with Gasteiger partial charge in [-0.3, -0.25) is 14.8 Å². The van der Waals surface area contributed by atoms with E-state index in [4.69, 9.17) is 5.73 Å². The molecule has 9 nitrogen and oxygen atoms in total. The average molecular weight is 505 g/mol. The Morgan fingerprint density at radius 2 is 1.97 bits per heavy atom. The fraction of sp³-hybridized carbons (Fsp3) is 0.160. The molecule has 3 aromatic heterocycles. The van der Waals surface area contributed by atoms with Crippen LogP contribution in [-0.4, -0.2) is 35.5 Å². The maximum Gasteiger partial charge on any atom is 0.251 e. The lowest BCUT2D eigenvalue weighted by Gasteiger charge is -2.11. The molecule has 0 aliphatic rings. The summed E-state index contributed by atoms with van der Waals surface area (Å²) in [5, 5.41) is 12.5. The molecule has 0 spiro atoms. The van der Waals surface area contributed by atoms with E-state index in [2.05, 4.69) is 26.3 Å². The number of anilines is 1. The number of nitrogens with zero attached hydrogens (tertiary/aromatic N) is 4. The smallest absolute Gasteiger partial charge is 0.251 e. The minimum Gasteiger partial charge on any atom is -0.384 e. The number of fused-ring (bicyclic) bond motifs is 1. The molecule has 11 heteroatoms. The molecule has 0 unspecified atom stereocenters. The topological polar surface area (TPSA) is 152 Å². The van der Waals surface area contributed by atoms with E-state index in [1.165, 1.54) is 24.4 Å². The Balaban J connectivity index is 1.59. The van der Waals surface area contributed by atoms with Crippen LogP contribution in [0.5, 0.6) is 0 Å².